The molecule has 0 heterocycles. The van der Waals surface area contributed by atoms with Gasteiger partial charge in [0, 0.05) is 20.5 Å². The number of hydrogen-bond acceptors (Lipinski definition) is 5. The van der Waals surface area contributed by atoms with Gasteiger partial charge in [-0.2, -0.15) is 5.26 Å². The van der Waals surface area contributed by atoms with E-state index in [0.717, 1.165) is 5.12 Å². The lowest BCUT2D eigenvalue weighted by atomic mass is 10.1. The molecule has 0 aliphatic carbocycles. The van der Waals surface area contributed by atoms with Crippen LogP contribution in [0.3, 0.4) is 0 Å². The predicted molar refractivity (Wildman–Crippen MR) is 55.1 cm³/mol. The van der Waals surface area contributed by atoms with Gasteiger partial charge in [-0.05, 0) is 6.42 Å². The average molecular weight is 212 g/mol. The van der Waals surface area contributed by atoms with Gasteiger partial charge in [0.25, 0.3) is 5.91 Å². The van der Waals surface area contributed by atoms with E-state index in [1.165, 1.54) is 14.1 Å². The van der Waals surface area contributed by atoms with E-state index in [1.54, 1.807) is 6.07 Å². The Balaban J connectivity index is 4.91. The number of hydrazine groups is 2. The van der Waals surface area contributed by atoms with Gasteiger partial charge in [0.15, 0.2) is 5.57 Å². The predicted octanol–water partition coefficient (Wildman–Crippen LogP) is 0.220. The van der Waals surface area contributed by atoms with Crippen molar-refractivity contribution in [1.82, 2.24) is 16.0 Å². The number of nitrogens with zero attached hydrogens (tertiary/aromatic N) is 2. The Bertz CT molecular complexity index is 289. The molecular weight excluding hydrogens is 196 g/mol. The van der Waals surface area contributed by atoms with Crippen molar-refractivity contribution in [1.29, 1.82) is 5.26 Å². The molecule has 0 rings (SSSR count). The first kappa shape index (κ1) is 13.4. The fourth-order valence-electron chi connectivity index (χ4n) is 1.02. The summed E-state index contributed by atoms with van der Waals surface area (Å²) in [6.45, 7) is 1.85. The first-order valence-corrected chi connectivity index (χ1v) is 4.63. The molecular formula is C9H16N4O2. The highest BCUT2D eigenvalue weighted by molar-refractivity contribution is 5.97. The van der Waals surface area contributed by atoms with Crippen LogP contribution in [0.4, 0.5) is 0 Å². The molecule has 6 nitrogen and oxygen atoms in total. The van der Waals surface area contributed by atoms with Crippen LogP contribution >= 0.6 is 0 Å². The number of nitrogens with one attached hydrogen (secondary N) is 2. The van der Waals surface area contributed by atoms with Crippen LogP contribution < -0.4 is 10.9 Å². The molecule has 0 radical (unpaired) electrons. The molecule has 84 valence electrons. The number of hydrogen-bond donors (Lipinski definition) is 3. The third kappa shape index (κ3) is 3.58. The number of rotatable bonds is 5. The van der Waals surface area contributed by atoms with E-state index >= 15 is 0 Å². The van der Waals surface area contributed by atoms with Gasteiger partial charge in [-0.25, -0.2) is 16.0 Å². The maximum atomic E-state index is 11.6. The maximum absolute atomic E-state index is 11.6. The monoisotopic (exact) mass is 212 g/mol. The van der Waals surface area contributed by atoms with Crippen molar-refractivity contribution < 1.29 is 9.90 Å². The molecule has 0 aliphatic rings. The molecule has 1 amide bonds. The summed E-state index contributed by atoms with van der Waals surface area (Å²) in [6.07, 6.45) is 0.985. The molecule has 0 saturated carbocycles. The summed E-state index contributed by atoms with van der Waals surface area (Å²) >= 11 is 0. The molecule has 0 bridgehead atoms. The Morgan fingerprint density at radius 3 is 2.33 bits per heavy atom. The zero-order valence-corrected chi connectivity index (χ0v) is 9.16. The molecule has 0 fully saturated rings. The first-order valence-electron chi connectivity index (χ1n) is 4.63. The Morgan fingerprint density at radius 2 is 2.00 bits per heavy atom. The summed E-state index contributed by atoms with van der Waals surface area (Å²) in [4.78, 5) is 11.6. The Kier molecular flexibility index (Phi) is 6.09. The molecule has 0 spiro atoms. The third-order valence-electron chi connectivity index (χ3n) is 1.75. The highest BCUT2D eigenvalue weighted by Gasteiger charge is 2.19. The molecule has 0 aliphatic heterocycles. The van der Waals surface area contributed by atoms with Crippen molar-refractivity contribution in [3.05, 3.63) is 11.3 Å². The van der Waals surface area contributed by atoms with Crippen LogP contribution in [-0.4, -0.2) is 30.2 Å². The molecule has 6 heteroatoms. The molecule has 0 atom stereocenters. The Morgan fingerprint density at radius 1 is 1.47 bits per heavy atom. The van der Waals surface area contributed by atoms with E-state index in [1.807, 2.05) is 6.92 Å². The molecule has 3 N–H and O–H groups in total. The van der Waals surface area contributed by atoms with Crippen LogP contribution in [0.5, 0.6) is 0 Å². The SMILES string of the molecule is CCC/C(O)=C(\C#N)C(=O)N(NC)NC. The Hall–Kier alpha value is -1.58. The standard InChI is InChI=1S/C9H16N4O2/c1-4-5-8(14)7(6-10)9(15)13(11-2)12-3/h11-12,14H,4-5H2,1-3H3/b8-7-. The minimum absolute atomic E-state index is 0.180. The van der Waals surface area contributed by atoms with Crippen LogP contribution in [0.15, 0.2) is 11.3 Å². The van der Waals surface area contributed by atoms with Gasteiger partial charge in [0.05, 0.1) is 0 Å². The van der Waals surface area contributed by atoms with Gasteiger partial charge in [-0.1, -0.05) is 6.92 Å². The quantitative estimate of drug-likeness (QED) is 0.262. The summed E-state index contributed by atoms with van der Waals surface area (Å²) < 4.78 is 0. The fourth-order valence-corrected chi connectivity index (χ4v) is 1.02. The van der Waals surface area contributed by atoms with Gasteiger partial charge in [-0.3, -0.25) is 4.79 Å². The molecule has 0 saturated heterocycles. The summed E-state index contributed by atoms with van der Waals surface area (Å²) in [5, 5.41) is 19.3. The van der Waals surface area contributed by atoms with E-state index in [-0.39, 0.29) is 11.3 Å². The zero-order valence-electron chi connectivity index (χ0n) is 9.16. The highest BCUT2D eigenvalue weighted by Crippen LogP contribution is 2.09. The maximum Gasteiger partial charge on any atom is 0.296 e. The zero-order chi connectivity index (χ0) is 11.8. The van der Waals surface area contributed by atoms with Crippen molar-refractivity contribution in [3.8, 4) is 6.07 Å². The summed E-state index contributed by atoms with van der Waals surface area (Å²) in [6, 6.07) is 1.69. The van der Waals surface area contributed by atoms with Crippen LogP contribution in [0.25, 0.3) is 0 Å². The van der Waals surface area contributed by atoms with Gasteiger partial charge in [0.1, 0.15) is 11.8 Å². The van der Waals surface area contributed by atoms with Crippen LogP contribution in [0.1, 0.15) is 19.8 Å². The van der Waals surface area contributed by atoms with Crippen molar-refractivity contribution in [3.63, 3.8) is 0 Å². The van der Waals surface area contributed by atoms with Crippen molar-refractivity contribution in [2.45, 2.75) is 19.8 Å². The number of amides is 1. The fraction of sp³-hybridized carbons (Fsp3) is 0.556. The Labute approximate surface area is 89.1 Å². The molecule has 0 aromatic heterocycles. The van der Waals surface area contributed by atoms with E-state index in [2.05, 4.69) is 10.9 Å². The van der Waals surface area contributed by atoms with Crippen LogP contribution in [0.2, 0.25) is 0 Å². The van der Waals surface area contributed by atoms with Crippen molar-refractivity contribution in [2.75, 3.05) is 14.1 Å². The summed E-state index contributed by atoms with van der Waals surface area (Å²) in [7, 11) is 3.06. The highest BCUT2D eigenvalue weighted by atomic mass is 16.3. The van der Waals surface area contributed by atoms with Gasteiger partial charge in [-0.15, -0.1) is 0 Å². The largest absolute Gasteiger partial charge is 0.511 e. The molecule has 0 aromatic rings. The first-order chi connectivity index (χ1) is 7.12. The van der Waals surface area contributed by atoms with Crippen LogP contribution in [-0.2, 0) is 4.79 Å². The second kappa shape index (κ2) is 6.81. The van der Waals surface area contributed by atoms with E-state index in [4.69, 9.17) is 5.26 Å². The lowest BCUT2D eigenvalue weighted by Crippen LogP contribution is -2.49. The summed E-state index contributed by atoms with van der Waals surface area (Å²) in [5.74, 6) is -0.783. The minimum Gasteiger partial charge on any atom is -0.511 e. The van der Waals surface area contributed by atoms with Gasteiger partial charge in [0.2, 0.25) is 0 Å². The lowest BCUT2D eigenvalue weighted by Gasteiger charge is -2.19. The molecule has 0 aromatic carbocycles. The van der Waals surface area contributed by atoms with Crippen molar-refractivity contribution in [2.24, 2.45) is 0 Å². The van der Waals surface area contributed by atoms with Gasteiger partial charge >= 0.3 is 0 Å². The van der Waals surface area contributed by atoms with E-state index in [0.29, 0.717) is 12.8 Å². The number of allylic oxidation sites excluding steroid dienone is 1. The minimum atomic E-state index is -0.603. The number of nitriles is 1. The lowest BCUT2D eigenvalue weighted by molar-refractivity contribution is -0.132. The number of aliphatic hydroxyl groups excluding tert-OH is 1. The number of aliphatic hydroxyl groups is 1. The second-order valence-electron chi connectivity index (χ2n) is 2.77. The average Bonchev–Trinajstić information content (AvgIpc) is 2.21. The normalized spacial score (nSPS) is 11.6. The third-order valence-corrected chi connectivity index (χ3v) is 1.75. The summed E-state index contributed by atoms with van der Waals surface area (Å²) in [5.41, 5.74) is 4.83. The molecule has 0 unspecified atom stereocenters. The second-order valence-corrected chi connectivity index (χ2v) is 2.77. The smallest absolute Gasteiger partial charge is 0.296 e. The van der Waals surface area contributed by atoms with E-state index in [9.17, 15) is 9.90 Å². The van der Waals surface area contributed by atoms with Gasteiger partial charge < -0.3 is 5.11 Å². The molecule has 15 heavy (non-hydrogen) atoms. The van der Waals surface area contributed by atoms with Crippen LogP contribution in [0, 0.1) is 11.3 Å². The number of carbonyl (C=O) groups is 1. The van der Waals surface area contributed by atoms with E-state index < -0.39 is 5.91 Å². The number of carbonyl (C=O) groups excluding carboxylic acids is 1. The van der Waals surface area contributed by atoms with Crippen molar-refractivity contribution >= 4 is 5.91 Å². The topological polar surface area (TPSA) is 88.4 Å².